The number of rotatable bonds is 7. The summed E-state index contributed by atoms with van der Waals surface area (Å²) in [5.41, 5.74) is 2.84. The van der Waals surface area contributed by atoms with Crippen LogP contribution in [0, 0.1) is 0 Å². The van der Waals surface area contributed by atoms with Crippen LogP contribution in [-0.2, 0) is 17.9 Å². The van der Waals surface area contributed by atoms with Crippen LogP contribution in [0.4, 0.5) is 0 Å². The molecule has 7 nitrogen and oxygen atoms in total. The minimum Gasteiger partial charge on any atom is -0.454 e. The highest BCUT2D eigenvalue weighted by Crippen LogP contribution is 2.32. The smallest absolute Gasteiger partial charge is 0.231 e. The van der Waals surface area contributed by atoms with E-state index in [-0.39, 0.29) is 13.4 Å². The van der Waals surface area contributed by atoms with Crippen molar-refractivity contribution in [2.24, 2.45) is 0 Å². The predicted octanol–water partition coefficient (Wildman–Crippen LogP) is 2.25. The third-order valence-corrected chi connectivity index (χ3v) is 4.07. The zero-order chi connectivity index (χ0) is 17.8. The lowest BCUT2D eigenvalue weighted by Crippen LogP contribution is -2.23. The second-order valence-electron chi connectivity index (χ2n) is 6.00. The molecule has 3 heterocycles. The van der Waals surface area contributed by atoms with Crippen LogP contribution in [0.1, 0.15) is 5.56 Å². The Balaban J connectivity index is 1.31. The van der Waals surface area contributed by atoms with E-state index in [4.69, 9.17) is 14.2 Å². The first-order valence-corrected chi connectivity index (χ1v) is 8.36. The molecule has 134 valence electrons. The number of nitrogens with zero attached hydrogens (tertiary/aromatic N) is 3. The van der Waals surface area contributed by atoms with Crippen molar-refractivity contribution in [2.75, 3.05) is 13.4 Å². The van der Waals surface area contributed by atoms with Crippen LogP contribution in [0.3, 0.4) is 0 Å². The van der Waals surface area contributed by atoms with E-state index in [0.29, 0.717) is 13.2 Å². The molecule has 3 aromatic rings. The molecule has 2 aromatic heterocycles. The zero-order valence-electron chi connectivity index (χ0n) is 14.1. The van der Waals surface area contributed by atoms with Crippen molar-refractivity contribution in [3.8, 4) is 22.8 Å². The van der Waals surface area contributed by atoms with Gasteiger partial charge >= 0.3 is 0 Å². The third kappa shape index (κ3) is 3.68. The van der Waals surface area contributed by atoms with Crippen LogP contribution < -0.4 is 9.47 Å². The van der Waals surface area contributed by atoms with Crippen molar-refractivity contribution in [2.45, 2.75) is 19.3 Å². The summed E-state index contributed by atoms with van der Waals surface area (Å²) in [4.78, 5) is 4.12. The van der Waals surface area contributed by atoms with Crippen LogP contribution in [0.5, 0.6) is 11.5 Å². The van der Waals surface area contributed by atoms with Crippen molar-refractivity contribution in [1.29, 1.82) is 0 Å². The number of hydrogen-bond donors (Lipinski definition) is 1. The molecule has 7 heteroatoms. The van der Waals surface area contributed by atoms with Crippen molar-refractivity contribution in [3.63, 3.8) is 0 Å². The summed E-state index contributed by atoms with van der Waals surface area (Å²) < 4.78 is 18.0. The fourth-order valence-electron chi connectivity index (χ4n) is 2.83. The second kappa shape index (κ2) is 7.55. The normalized spacial score (nSPS) is 13.7. The third-order valence-electron chi connectivity index (χ3n) is 4.07. The minimum atomic E-state index is -0.667. The van der Waals surface area contributed by atoms with E-state index in [2.05, 4.69) is 10.1 Å². The molecule has 1 N–H and O–H groups in total. The molecule has 0 fully saturated rings. The van der Waals surface area contributed by atoms with Gasteiger partial charge < -0.3 is 19.3 Å². The second-order valence-corrected chi connectivity index (χ2v) is 6.00. The molecule has 0 bridgehead atoms. The van der Waals surface area contributed by atoms with Crippen molar-refractivity contribution >= 4 is 0 Å². The summed E-state index contributed by atoms with van der Waals surface area (Å²) in [6, 6.07) is 11.4. The molecule has 26 heavy (non-hydrogen) atoms. The van der Waals surface area contributed by atoms with Crippen LogP contribution in [-0.4, -0.2) is 39.4 Å². The highest BCUT2D eigenvalue weighted by Gasteiger charge is 2.14. The van der Waals surface area contributed by atoms with Crippen molar-refractivity contribution < 1.29 is 19.3 Å². The molecular formula is C19H19N3O4. The quantitative estimate of drug-likeness (QED) is 0.702. The predicted molar refractivity (Wildman–Crippen MR) is 93.7 cm³/mol. The van der Waals surface area contributed by atoms with E-state index in [9.17, 15) is 5.11 Å². The number of hydrogen-bond acceptors (Lipinski definition) is 6. The van der Waals surface area contributed by atoms with Gasteiger partial charge in [-0.05, 0) is 35.9 Å². The lowest BCUT2D eigenvalue weighted by atomic mass is 10.2. The number of ether oxygens (including phenoxy) is 3. The molecule has 0 aliphatic carbocycles. The van der Waals surface area contributed by atoms with Gasteiger partial charge in [-0.15, -0.1) is 0 Å². The van der Waals surface area contributed by atoms with Gasteiger partial charge in [-0.25, -0.2) is 0 Å². The van der Waals surface area contributed by atoms with Gasteiger partial charge in [-0.3, -0.25) is 9.67 Å². The van der Waals surface area contributed by atoms with Crippen LogP contribution in [0.2, 0.25) is 0 Å². The lowest BCUT2D eigenvalue weighted by molar-refractivity contribution is 0.0189. The number of aliphatic hydroxyl groups excluding tert-OH is 1. The summed E-state index contributed by atoms with van der Waals surface area (Å²) in [5.74, 6) is 1.47. The molecule has 0 radical (unpaired) electrons. The van der Waals surface area contributed by atoms with Gasteiger partial charge in [0.2, 0.25) is 6.79 Å². The average molecular weight is 353 g/mol. The first-order chi connectivity index (χ1) is 12.8. The number of aromatic nitrogens is 3. The van der Waals surface area contributed by atoms with E-state index in [1.807, 2.05) is 36.4 Å². The summed E-state index contributed by atoms with van der Waals surface area (Å²) in [6.45, 7) is 1.20. The zero-order valence-corrected chi connectivity index (χ0v) is 14.1. The van der Waals surface area contributed by atoms with E-state index >= 15 is 0 Å². The number of fused-ring (bicyclic) bond motifs is 1. The number of aliphatic hydroxyl groups is 1. The highest BCUT2D eigenvalue weighted by atomic mass is 16.7. The van der Waals surface area contributed by atoms with E-state index in [1.165, 1.54) is 0 Å². The highest BCUT2D eigenvalue weighted by molar-refractivity contribution is 5.57. The molecule has 1 atom stereocenters. The fourth-order valence-corrected chi connectivity index (χ4v) is 2.83. The Morgan fingerprint density at radius 3 is 2.96 bits per heavy atom. The largest absolute Gasteiger partial charge is 0.454 e. The van der Waals surface area contributed by atoms with Crippen LogP contribution in [0.25, 0.3) is 11.3 Å². The summed E-state index contributed by atoms with van der Waals surface area (Å²) in [5, 5.41) is 14.6. The Hall–Kier alpha value is -2.90. The summed E-state index contributed by atoms with van der Waals surface area (Å²) in [7, 11) is 0. The molecular weight excluding hydrogens is 334 g/mol. The molecule has 1 aromatic carbocycles. The summed E-state index contributed by atoms with van der Waals surface area (Å²) >= 11 is 0. The maximum Gasteiger partial charge on any atom is 0.231 e. The van der Waals surface area contributed by atoms with Crippen molar-refractivity contribution in [1.82, 2.24) is 14.8 Å². The summed E-state index contributed by atoms with van der Waals surface area (Å²) in [6.07, 6.45) is 4.54. The number of benzene rings is 1. The number of pyridine rings is 1. The van der Waals surface area contributed by atoms with Gasteiger partial charge in [0, 0.05) is 24.2 Å². The van der Waals surface area contributed by atoms with Crippen LogP contribution in [0.15, 0.2) is 55.0 Å². The molecule has 1 aliphatic heterocycles. The van der Waals surface area contributed by atoms with Gasteiger partial charge in [-0.2, -0.15) is 5.10 Å². The molecule has 0 saturated carbocycles. The minimum absolute atomic E-state index is 0.209. The fraction of sp³-hybridized carbons (Fsp3) is 0.263. The van der Waals surface area contributed by atoms with Gasteiger partial charge in [0.1, 0.15) is 0 Å². The standard InChI is InChI=1S/C19H19N3O4/c23-16(10-22-17(5-7-21-22)15-2-1-6-20-9-15)12-24-11-14-3-4-18-19(8-14)26-13-25-18/h1-9,16,23H,10-13H2. The van der Waals surface area contributed by atoms with Gasteiger partial charge in [0.15, 0.2) is 11.5 Å². The SMILES string of the molecule is OC(COCc1ccc2c(c1)OCO2)Cn1nccc1-c1cccnc1. The Labute approximate surface area is 150 Å². The van der Waals surface area contributed by atoms with E-state index < -0.39 is 6.10 Å². The maximum atomic E-state index is 10.3. The molecule has 0 saturated heterocycles. The van der Waals surface area contributed by atoms with E-state index in [1.54, 1.807) is 23.3 Å². The Kier molecular flexibility index (Phi) is 4.81. The van der Waals surface area contributed by atoms with Gasteiger partial charge in [0.25, 0.3) is 0 Å². The maximum absolute atomic E-state index is 10.3. The Morgan fingerprint density at radius 1 is 1.15 bits per heavy atom. The van der Waals surface area contributed by atoms with Gasteiger partial charge in [0.05, 0.1) is 31.6 Å². The Morgan fingerprint density at radius 2 is 2.08 bits per heavy atom. The lowest BCUT2D eigenvalue weighted by Gasteiger charge is -2.14. The van der Waals surface area contributed by atoms with Crippen LogP contribution >= 0.6 is 0 Å². The first-order valence-electron chi connectivity index (χ1n) is 8.36. The molecule has 0 spiro atoms. The molecule has 1 unspecified atom stereocenters. The van der Waals surface area contributed by atoms with E-state index in [0.717, 1.165) is 28.3 Å². The molecule has 0 amide bonds. The van der Waals surface area contributed by atoms with Crippen molar-refractivity contribution in [3.05, 3.63) is 60.6 Å². The average Bonchev–Trinajstić information content (AvgIpc) is 3.31. The Bertz CT molecular complexity index is 866. The molecule has 1 aliphatic rings. The molecule has 4 rings (SSSR count). The first kappa shape index (κ1) is 16.6. The monoisotopic (exact) mass is 353 g/mol. The topological polar surface area (TPSA) is 78.6 Å². The van der Waals surface area contributed by atoms with Gasteiger partial charge in [-0.1, -0.05) is 6.07 Å².